The molecule has 1 rings (SSSR count). The maximum absolute atomic E-state index is 11.7. The fourth-order valence-electron chi connectivity index (χ4n) is 1.35. The number of Topliss-reactive ketones (excluding diaryl/α,β-unsaturated/α-hetero) is 1. The SMILES string of the molecule is Cc1coc(C)c1C(=O)CN(C)C. The molecular formula is C10H15NO2. The highest BCUT2D eigenvalue weighted by Crippen LogP contribution is 2.15. The lowest BCUT2D eigenvalue weighted by molar-refractivity contribution is 0.0956. The normalized spacial score (nSPS) is 10.8. The Kier molecular flexibility index (Phi) is 2.88. The summed E-state index contributed by atoms with van der Waals surface area (Å²) in [5.41, 5.74) is 1.65. The predicted molar refractivity (Wildman–Crippen MR) is 51.1 cm³/mol. The molecule has 13 heavy (non-hydrogen) atoms. The van der Waals surface area contributed by atoms with Crippen LogP contribution in [0, 0.1) is 13.8 Å². The van der Waals surface area contributed by atoms with Crippen molar-refractivity contribution in [2.24, 2.45) is 0 Å². The molecule has 0 aliphatic carbocycles. The van der Waals surface area contributed by atoms with E-state index in [-0.39, 0.29) is 5.78 Å². The van der Waals surface area contributed by atoms with E-state index in [1.165, 1.54) is 0 Å². The second-order valence-corrected chi connectivity index (χ2v) is 3.51. The zero-order valence-electron chi connectivity index (χ0n) is 8.55. The standard InChI is InChI=1S/C10H15NO2/c1-7-6-13-8(2)10(7)9(12)5-11(3)4/h6H,5H2,1-4H3. The maximum atomic E-state index is 11.7. The molecular weight excluding hydrogens is 166 g/mol. The van der Waals surface area contributed by atoms with Crippen molar-refractivity contribution in [3.8, 4) is 0 Å². The number of hydrogen-bond donors (Lipinski definition) is 0. The lowest BCUT2D eigenvalue weighted by Crippen LogP contribution is -2.22. The predicted octanol–water partition coefficient (Wildman–Crippen LogP) is 1.64. The largest absolute Gasteiger partial charge is 0.469 e. The molecule has 0 bridgehead atoms. The smallest absolute Gasteiger partial charge is 0.180 e. The number of nitrogens with zero attached hydrogens (tertiary/aromatic N) is 1. The van der Waals surface area contributed by atoms with Crippen LogP contribution in [-0.2, 0) is 0 Å². The highest BCUT2D eigenvalue weighted by molar-refractivity contribution is 5.99. The van der Waals surface area contributed by atoms with Gasteiger partial charge in [0, 0.05) is 0 Å². The van der Waals surface area contributed by atoms with Crippen LogP contribution in [0.2, 0.25) is 0 Å². The molecule has 1 aromatic heterocycles. The molecule has 3 heteroatoms. The van der Waals surface area contributed by atoms with Gasteiger partial charge in [-0.2, -0.15) is 0 Å². The number of ketones is 1. The number of carbonyl (C=O) groups excluding carboxylic acids is 1. The number of aryl methyl sites for hydroxylation is 2. The fraction of sp³-hybridized carbons (Fsp3) is 0.500. The van der Waals surface area contributed by atoms with Gasteiger partial charge in [-0.15, -0.1) is 0 Å². The quantitative estimate of drug-likeness (QED) is 0.665. The van der Waals surface area contributed by atoms with Gasteiger partial charge >= 0.3 is 0 Å². The monoisotopic (exact) mass is 181 g/mol. The van der Waals surface area contributed by atoms with Gasteiger partial charge in [0.05, 0.1) is 18.4 Å². The summed E-state index contributed by atoms with van der Waals surface area (Å²) in [7, 11) is 3.76. The van der Waals surface area contributed by atoms with Crippen molar-refractivity contribution in [3.63, 3.8) is 0 Å². The van der Waals surface area contributed by atoms with Crippen LogP contribution in [0.5, 0.6) is 0 Å². The van der Waals surface area contributed by atoms with E-state index >= 15 is 0 Å². The first-order valence-corrected chi connectivity index (χ1v) is 4.25. The second kappa shape index (κ2) is 3.75. The van der Waals surface area contributed by atoms with Crippen LogP contribution in [0.1, 0.15) is 21.7 Å². The molecule has 0 saturated carbocycles. The third kappa shape index (κ3) is 2.18. The first-order valence-electron chi connectivity index (χ1n) is 4.25. The molecule has 3 nitrogen and oxygen atoms in total. The Hall–Kier alpha value is -1.09. The molecule has 1 aromatic rings. The molecule has 0 fully saturated rings. The van der Waals surface area contributed by atoms with Crippen LogP contribution in [0.25, 0.3) is 0 Å². The summed E-state index contributed by atoms with van der Waals surface area (Å²) in [6, 6.07) is 0. The number of likely N-dealkylation sites (N-methyl/N-ethyl adjacent to an activating group) is 1. The zero-order valence-corrected chi connectivity index (χ0v) is 8.55. The van der Waals surface area contributed by atoms with Crippen molar-refractivity contribution >= 4 is 5.78 Å². The molecule has 0 atom stereocenters. The zero-order chi connectivity index (χ0) is 10.0. The average Bonchev–Trinajstić information content (AvgIpc) is 2.29. The molecule has 0 aromatic carbocycles. The van der Waals surface area contributed by atoms with E-state index in [0.717, 1.165) is 11.1 Å². The molecule has 0 aliphatic rings. The Labute approximate surface area is 78.3 Å². The van der Waals surface area contributed by atoms with Crippen LogP contribution < -0.4 is 0 Å². The number of furan rings is 1. The summed E-state index contributed by atoms with van der Waals surface area (Å²) in [6.45, 7) is 4.14. The summed E-state index contributed by atoms with van der Waals surface area (Å²) >= 11 is 0. The highest BCUT2D eigenvalue weighted by atomic mass is 16.3. The van der Waals surface area contributed by atoms with Gasteiger partial charge < -0.3 is 9.32 Å². The Bertz CT molecular complexity index is 293. The Morgan fingerprint density at radius 3 is 2.46 bits per heavy atom. The van der Waals surface area contributed by atoms with Crippen LogP contribution in [0.4, 0.5) is 0 Å². The minimum Gasteiger partial charge on any atom is -0.469 e. The summed E-state index contributed by atoms with van der Waals surface area (Å²) in [6.07, 6.45) is 1.62. The molecule has 1 heterocycles. The fourth-order valence-corrected chi connectivity index (χ4v) is 1.35. The summed E-state index contributed by atoms with van der Waals surface area (Å²) in [5, 5.41) is 0. The van der Waals surface area contributed by atoms with Crippen molar-refractivity contribution < 1.29 is 9.21 Å². The lowest BCUT2D eigenvalue weighted by atomic mass is 10.1. The summed E-state index contributed by atoms with van der Waals surface area (Å²) in [4.78, 5) is 13.5. The molecule has 0 saturated heterocycles. The first-order chi connectivity index (χ1) is 6.02. The van der Waals surface area contributed by atoms with Crippen molar-refractivity contribution in [3.05, 3.63) is 23.2 Å². The molecule has 0 N–H and O–H groups in total. The van der Waals surface area contributed by atoms with E-state index in [4.69, 9.17) is 4.42 Å². The third-order valence-corrected chi connectivity index (χ3v) is 1.90. The van der Waals surface area contributed by atoms with Crippen LogP contribution >= 0.6 is 0 Å². The Morgan fingerprint density at radius 1 is 1.46 bits per heavy atom. The van der Waals surface area contributed by atoms with Crippen LogP contribution in [-0.4, -0.2) is 31.3 Å². The van der Waals surface area contributed by atoms with E-state index in [1.54, 1.807) is 6.26 Å². The molecule has 0 radical (unpaired) electrons. The van der Waals surface area contributed by atoms with Crippen molar-refractivity contribution in [2.75, 3.05) is 20.6 Å². The number of hydrogen-bond acceptors (Lipinski definition) is 3. The molecule has 0 spiro atoms. The van der Waals surface area contributed by atoms with E-state index in [0.29, 0.717) is 12.3 Å². The van der Waals surface area contributed by atoms with Gasteiger partial charge in [-0.05, 0) is 33.5 Å². The van der Waals surface area contributed by atoms with Gasteiger partial charge in [0.1, 0.15) is 5.76 Å². The minimum atomic E-state index is 0.119. The Balaban J connectivity index is 2.88. The molecule has 72 valence electrons. The molecule has 0 aliphatic heterocycles. The van der Waals surface area contributed by atoms with Gasteiger partial charge in [0.15, 0.2) is 5.78 Å². The van der Waals surface area contributed by atoms with Crippen molar-refractivity contribution in [2.45, 2.75) is 13.8 Å². The second-order valence-electron chi connectivity index (χ2n) is 3.51. The highest BCUT2D eigenvalue weighted by Gasteiger charge is 2.15. The third-order valence-electron chi connectivity index (χ3n) is 1.90. The van der Waals surface area contributed by atoms with E-state index in [1.807, 2.05) is 32.8 Å². The molecule has 0 unspecified atom stereocenters. The van der Waals surface area contributed by atoms with Gasteiger partial charge in [0.2, 0.25) is 0 Å². The summed E-state index contributed by atoms with van der Waals surface area (Å²) < 4.78 is 5.16. The van der Waals surface area contributed by atoms with E-state index in [9.17, 15) is 4.79 Å². The van der Waals surface area contributed by atoms with E-state index < -0.39 is 0 Å². The minimum absolute atomic E-state index is 0.119. The van der Waals surface area contributed by atoms with Crippen molar-refractivity contribution in [1.29, 1.82) is 0 Å². The van der Waals surface area contributed by atoms with Gasteiger partial charge in [0.25, 0.3) is 0 Å². The van der Waals surface area contributed by atoms with Gasteiger partial charge in [-0.3, -0.25) is 4.79 Å². The van der Waals surface area contributed by atoms with Gasteiger partial charge in [-0.25, -0.2) is 0 Å². The number of carbonyl (C=O) groups is 1. The van der Waals surface area contributed by atoms with E-state index in [2.05, 4.69) is 0 Å². The number of rotatable bonds is 3. The molecule has 0 amide bonds. The van der Waals surface area contributed by atoms with Gasteiger partial charge in [-0.1, -0.05) is 0 Å². The van der Waals surface area contributed by atoms with Crippen LogP contribution in [0.3, 0.4) is 0 Å². The Morgan fingerprint density at radius 2 is 2.08 bits per heavy atom. The first kappa shape index (κ1) is 9.99. The summed E-state index contributed by atoms with van der Waals surface area (Å²) in [5.74, 6) is 0.832. The maximum Gasteiger partial charge on any atom is 0.180 e. The topological polar surface area (TPSA) is 33.5 Å². The lowest BCUT2D eigenvalue weighted by Gasteiger charge is -2.07. The average molecular weight is 181 g/mol. The van der Waals surface area contributed by atoms with Crippen LogP contribution in [0.15, 0.2) is 10.7 Å². The van der Waals surface area contributed by atoms with Crippen molar-refractivity contribution in [1.82, 2.24) is 4.90 Å².